The van der Waals surface area contributed by atoms with Crippen LogP contribution in [-0.4, -0.2) is 50.8 Å². The molecule has 0 aromatic rings. The van der Waals surface area contributed by atoms with E-state index in [9.17, 15) is 4.79 Å². The lowest BCUT2D eigenvalue weighted by atomic mass is 10.3. The molecule has 0 saturated heterocycles. The van der Waals surface area contributed by atoms with Crippen molar-refractivity contribution in [1.29, 1.82) is 0 Å². The first kappa shape index (κ1) is 13.7. The molecule has 1 unspecified atom stereocenters. The highest BCUT2D eigenvalue weighted by molar-refractivity contribution is 7.98. The van der Waals surface area contributed by atoms with Crippen LogP contribution in [0.1, 0.15) is 6.92 Å². The van der Waals surface area contributed by atoms with Crippen LogP contribution in [-0.2, 0) is 9.53 Å². The van der Waals surface area contributed by atoms with Crippen LogP contribution in [0, 0.1) is 0 Å². The summed E-state index contributed by atoms with van der Waals surface area (Å²) >= 11 is 1.76. The smallest absolute Gasteiger partial charge is 0.234 e. The first-order valence-corrected chi connectivity index (χ1v) is 6.08. The van der Waals surface area contributed by atoms with E-state index in [1.54, 1.807) is 18.9 Å². The van der Waals surface area contributed by atoms with Gasteiger partial charge in [-0.15, -0.1) is 0 Å². The number of carbonyl (C=O) groups is 1. The second-order valence-electron chi connectivity index (χ2n) is 3.09. The number of nitrogens with one attached hydrogen (secondary N) is 2. The van der Waals surface area contributed by atoms with E-state index in [1.165, 1.54) is 0 Å². The lowest BCUT2D eigenvalue weighted by molar-refractivity contribution is -0.121. The number of hydrogen-bond acceptors (Lipinski definition) is 4. The molecule has 0 heterocycles. The Balaban J connectivity index is 3.35. The average molecular weight is 220 g/mol. The fourth-order valence-corrected chi connectivity index (χ4v) is 1.34. The summed E-state index contributed by atoms with van der Waals surface area (Å²) in [6.45, 7) is 3.72. The van der Waals surface area contributed by atoms with Crippen molar-refractivity contribution >= 4 is 17.7 Å². The van der Waals surface area contributed by atoms with E-state index < -0.39 is 0 Å². The molecule has 0 saturated carbocycles. The molecule has 84 valence electrons. The second kappa shape index (κ2) is 9.30. The van der Waals surface area contributed by atoms with Crippen LogP contribution in [0.15, 0.2) is 0 Å². The van der Waals surface area contributed by atoms with Gasteiger partial charge in [-0.2, -0.15) is 11.8 Å². The maximum atomic E-state index is 11.3. The summed E-state index contributed by atoms with van der Waals surface area (Å²) in [5.41, 5.74) is 0. The fourth-order valence-electron chi connectivity index (χ4n) is 0.994. The van der Waals surface area contributed by atoms with Gasteiger partial charge in [0.15, 0.2) is 0 Å². The number of carbonyl (C=O) groups excluding carboxylic acids is 1. The Morgan fingerprint density at radius 3 is 2.86 bits per heavy atom. The Labute approximate surface area is 90.2 Å². The third-order valence-electron chi connectivity index (χ3n) is 1.59. The first-order valence-electron chi connectivity index (χ1n) is 4.68. The molecule has 0 fully saturated rings. The Morgan fingerprint density at radius 1 is 1.57 bits per heavy atom. The molecule has 0 aromatic carbocycles. The lowest BCUT2D eigenvalue weighted by Crippen LogP contribution is -2.41. The van der Waals surface area contributed by atoms with Gasteiger partial charge in [0.1, 0.15) is 0 Å². The summed E-state index contributed by atoms with van der Waals surface area (Å²) in [6, 6.07) is 0.0786. The number of ether oxygens (including phenoxy) is 1. The van der Waals surface area contributed by atoms with Gasteiger partial charge in [0.25, 0.3) is 0 Å². The third-order valence-corrected chi connectivity index (χ3v) is 2.20. The SMILES string of the molecule is COCC(C)NC(=O)CNCCSC. The standard InChI is InChI=1S/C9H20N2O2S/c1-8(7-13-2)11-9(12)6-10-4-5-14-3/h8,10H,4-7H2,1-3H3,(H,11,12). The zero-order valence-corrected chi connectivity index (χ0v) is 9.95. The minimum absolute atomic E-state index is 0.0238. The monoisotopic (exact) mass is 220 g/mol. The molecule has 0 rings (SSSR count). The summed E-state index contributed by atoms with van der Waals surface area (Å²) in [4.78, 5) is 11.3. The molecule has 14 heavy (non-hydrogen) atoms. The predicted molar refractivity (Wildman–Crippen MR) is 60.7 cm³/mol. The third kappa shape index (κ3) is 8.34. The van der Waals surface area contributed by atoms with Crippen molar-refractivity contribution in [3.05, 3.63) is 0 Å². The van der Waals surface area contributed by atoms with Crippen molar-refractivity contribution in [2.75, 3.05) is 38.8 Å². The first-order chi connectivity index (χ1) is 6.70. The minimum atomic E-state index is 0.0238. The highest BCUT2D eigenvalue weighted by Crippen LogP contribution is 1.86. The van der Waals surface area contributed by atoms with Gasteiger partial charge in [0, 0.05) is 25.4 Å². The van der Waals surface area contributed by atoms with Crippen LogP contribution in [0.4, 0.5) is 0 Å². The van der Waals surface area contributed by atoms with E-state index in [2.05, 4.69) is 10.6 Å². The molecule has 2 N–H and O–H groups in total. The van der Waals surface area contributed by atoms with Crippen LogP contribution >= 0.6 is 11.8 Å². The average Bonchev–Trinajstić information content (AvgIpc) is 2.13. The van der Waals surface area contributed by atoms with Gasteiger partial charge in [-0.3, -0.25) is 4.79 Å². The van der Waals surface area contributed by atoms with E-state index in [0.717, 1.165) is 12.3 Å². The molecule has 0 bridgehead atoms. The molecule has 0 aliphatic heterocycles. The molecule has 0 aliphatic carbocycles. The summed E-state index contributed by atoms with van der Waals surface area (Å²) < 4.78 is 4.91. The highest BCUT2D eigenvalue weighted by Gasteiger charge is 2.05. The lowest BCUT2D eigenvalue weighted by Gasteiger charge is -2.12. The molecule has 1 amide bonds. The number of hydrogen-bond donors (Lipinski definition) is 2. The van der Waals surface area contributed by atoms with Gasteiger partial charge in [-0.25, -0.2) is 0 Å². The number of rotatable bonds is 8. The Hall–Kier alpha value is -0.260. The maximum absolute atomic E-state index is 11.3. The molecular weight excluding hydrogens is 200 g/mol. The Bertz CT molecular complexity index is 156. The molecule has 1 atom stereocenters. The zero-order valence-electron chi connectivity index (χ0n) is 9.13. The van der Waals surface area contributed by atoms with Crippen molar-refractivity contribution in [3.8, 4) is 0 Å². The maximum Gasteiger partial charge on any atom is 0.234 e. The van der Waals surface area contributed by atoms with Gasteiger partial charge in [-0.05, 0) is 13.2 Å². The van der Waals surface area contributed by atoms with Gasteiger partial charge in [0.2, 0.25) is 5.91 Å². The van der Waals surface area contributed by atoms with Crippen molar-refractivity contribution in [2.24, 2.45) is 0 Å². The quantitative estimate of drug-likeness (QED) is 0.569. The van der Waals surface area contributed by atoms with Gasteiger partial charge in [0.05, 0.1) is 13.2 Å². The van der Waals surface area contributed by atoms with Crippen LogP contribution < -0.4 is 10.6 Å². The van der Waals surface area contributed by atoms with E-state index in [1.807, 2.05) is 13.2 Å². The van der Waals surface area contributed by atoms with Gasteiger partial charge in [-0.1, -0.05) is 0 Å². The van der Waals surface area contributed by atoms with Crippen molar-refractivity contribution < 1.29 is 9.53 Å². The molecule has 4 nitrogen and oxygen atoms in total. The van der Waals surface area contributed by atoms with Crippen LogP contribution in [0.3, 0.4) is 0 Å². The molecule has 5 heteroatoms. The molecule has 0 aliphatic rings. The van der Waals surface area contributed by atoms with Crippen LogP contribution in [0.2, 0.25) is 0 Å². The highest BCUT2D eigenvalue weighted by atomic mass is 32.2. The molecule has 0 spiro atoms. The normalized spacial score (nSPS) is 12.5. The van der Waals surface area contributed by atoms with E-state index >= 15 is 0 Å². The molecular formula is C9H20N2O2S. The Morgan fingerprint density at radius 2 is 2.29 bits per heavy atom. The predicted octanol–water partition coefficient (Wildman–Crippen LogP) is 0.0901. The van der Waals surface area contributed by atoms with Gasteiger partial charge < -0.3 is 15.4 Å². The topological polar surface area (TPSA) is 50.4 Å². The van der Waals surface area contributed by atoms with Crippen LogP contribution in [0.25, 0.3) is 0 Å². The van der Waals surface area contributed by atoms with Crippen LogP contribution in [0.5, 0.6) is 0 Å². The second-order valence-corrected chi connectivity index (χ2v) is 4.08. The number of amides is 1. The van der Waals surface area contributed by atoms with Gasteiger partial charge >= 0.3 is 0 Å². The summed E-state index contributed by atoms with van der Waals surface area (Å²) in [5, 5.41) is 5.88. The summed E-state index contributed by atoms with van der Waals surface area (Å²) in [6.07, 6.45) is 2.04. The zero-order chi connectivity index (χ0) is 10.8. The minimum Gasteiger partial charge on any atom is -0.383 e. The van der Waals surface area contributed by atoms with E-state index in [0.29, 0.717) is 13.2 Å². The molecule has 0 radical (unpaired) electrons. The van der Waals surface area contributed by atoms with Crippen molar-refractivity contribution in [2.45, 2.75) is 13.0 Å². The largest absolute Gasteiger partial charge is 0.383 e. The summed E-state index contributed by atoms with van der Waals surface area (Å²) in [5.74, 6) is 1.05. The van der Waals surface area contributed by atoms with Crippen molar-refractivity contribution in [3.63, 3.8) is 0 Å². The van der Waals surface area contributed by atoms with Crippen molar-refractivity contribution in [1.82, 2.24) is 10.6 Å². The Kier molecular flexibility index (Phi) is 9.13. The number of thioether (sulfide) groups is 1. The molecule has 0 aromatic heterocycles. The summed E-state index contributed by atoms with van der Waals surface area (Å²) in [7, 11) is 1.62. The fraction of sp³-hybridized carbons (Fsp3) is 0.889. The van der Waals surface area contributed by atoms with E-state index in [-0.39, 0.29) is 11.9 Å². The number of methoxy groups -OCH3 is 1. The van der Waals surface area contributed by atoms with E-state index in [4.69, 9.17) is 4.74 Å².